The summed E-state index contributed by atoms with van der Waals surface area (Å²) in [6.07, 6.45) is 0. The average molecular weight is 253 g/mol. The van der Waals surface area contributed by atoms with E-state index in [-0.39, 0.29) is 17.5 Å². The van der Waals surface area contributed by atoms with Gasteiger partial charge in [-0.3, -0.25) is 15.3 Å². The average Bonchev–Trinajstić information content (AvgIpc) is 2.72. The Hall–Kier alpha value is -1.60. The Bertz CT molecular complexity index is 423. The molecule has 1 aromatic heterocycles. The fraction of sp³-hybridized carbons (Fsp3) is 0.636. The standard InChI is InChI=1S/C11H19N5O2/c1-7(2)9-8(12)10(14-13-9)11(17)15-16-3-5-18-6-4-16/h7H,3-6,12H2,1-2H3,(H,13,14)(H,15,17). The Balaban J connectivity index is 2.04. The molecule has 0 saturated carbocycles. The molecule has 1 aliphatic heterocycles. The molecule has 1 aromatic rings. The molecule has 1 fully saturated rings. The highest BCUT2D eigenvalue weighted by Gasteiger charge is 2.21. The zero-order chi connectivity index (χ0) is 13.1. The second-order valence-corrected chi connectivity index (χ2v) is 4.59. The van der Waals surface area contributed by atoms with Crippen molar-refractivity contribution >= 4 is 11.6 Å². The Morgan fingerprint density at radius 3 is 2.72 bits per heavy atom. The predicted molar refractivity (Wildman–Crippen MR) is 66.9 cm³/mol. The van der Waals surface area contributed by atoms with Crippen LogP contribution in [0.4, 0.5) is 5.69 Å². The van der Waals surface area contributed by atoms with Crippen LogP contribution in [0, 0.1) is 0 Å². The first-order valence-corrected chi connectivity index (χ1v) is 6.07. The first-order valence-electron chi connectivity index (χ1n) is 6.07. The SMILES string of the molecule is CC(C)c1[nH]nc(C(=O)NN2CCOCC2)c1N. The molecule has 7 heteroatoms. The number of nitrogens with one attached hydrogen (secondary N) is 2. The van der Waals surface area contributed by atoms with Crippen LogP contribution in [0.2, 0.25) is 0 Å². The van der Waals surface area contributed by atoms with Crippen LogP contribution in [0.25, 0.3) is 0 Å². The Kier molecular flexibility index (Phi) is 3.83. The lowest BCUT2D eigenvalue weighted by Crippen LogP contribution is -2.48. The van der Waals surface area contributed by atoms with Gasteiger partial charge in [-0.2, -0.15) is 5.10 Å². The summed E-state index contributed by atoms with van der Waals surface area (Å²) in [6, 6.07) is 0. The molecule has 0 atom stereocenters. The van der Waals surface area contributed by atoms with Gasteiger partial charge in [0.25, 0.3) is 5.91 Å². The number of carbonyl (C=O) groups is 1. The Morgan fingerprint density at radius 1 is 1.50 bits per heavy atom. The van der Waals surface area contributed by atoms with E-state index in [0.717, 1.165) is 5.69 Å². The van der Waals surface area contributed by atoms with E-state index in [1.54, 1.807) is 0 Å². The third-order valence-corrected chi connectivity index (χ3v) is 2.90. The van der Waals surface area contributed by atoms with E-state index in [9.17, 15) is 4.79 Å². The quantitative estimate of drug-likeness (QED) is 0.709. The number of rotatable bonds is 3. The number of amides is 1. The lowest BCUT2D eigenvalue weighted by atomic mass is 10.1. The molecule has 4 N–H and O–H groups in total. The predicted octanol–water partition coefficient (Wildman–Crippen LogP) is 0.0923. The maximum absolute atomic E-state index is 12.0. The summed E-state index contributed by atoms with van der Waals surface area (Å²) >= 11 is 0. The third kappa shape index (κ3) is 2.62. The second kappa shape index (κ2) is 5.36. The van der Waals surface area contributed by atoms with Crippen molar-refractivity contribution < 1.29 is 9.53 Å². The maximum Gasteiger partial charge on any atom is 0.288 e. The van der Waals surface area contributed by atoms with Crippen LogP contribution in [0.3, 0.4) is 0 Å². The van der Waals surface area contributed by atoms with Gasteiger partial charge in [0.05, 0.1) is 24.6 Å². The van der Waals surface area contributed by atoms with Crippen molar-refractivity contribution in [2.75, 3.05) is 32.0 Å². The molecule has 0 aromatic carbocycles. The van der Waals surface area contributed by atoms with E-state index in [2.05, 4.69) is 15.6 Å². The van der Waals surface area contributed by atoms with E-state index in [4.69, 9.17) is 10.5 Å². The number of anilines is 1. The highest BCUT2D eigenvalue weighted by atomic mass is 16.5. The molecule has 100 valence electrons. The summed E-state index contributed by atoms with van der Waals surface area (Å²) in [7, 11) is 0. The lowest BCUT2D eigenvalue weighted by molar-refractivity contribution is 0.0125. The van der Waals surface area contributed by atoms with Crippen molar-refractivity contribution in [1.82, 2.24) is 20.6 Å². The van der Waals surface area contributed by atoms with Gasteiger partial charge in [-0.1, -0.05) is 13.8 Å². The molecule has 2 heterocycles. The van der Waals surface area contributed by atoms with Gasteiger partial charge in [0.2, 0.25) is 0 Å². The van der Waals surface area contributed by atoms with Gasteiger partial charge in [0, 0.05) is 13.1 Å². The molecule has 1 amide bonds. The van der Waals surface area contributed by atoms with E-state index >= 15 is 0 Å². The Morgan fingerprint density at radius 2 is 2.17 bits per heavy atom. The highest BCUT2D eigenvalue weighted by molar-refractivity contribution is 5.97. The van der Waals surface area contributed by atoms with Crippen molar-refractivity contribution in [2.45, 2.75) is 19.8 Å². The zero-order valence-corrected chi connectivity index (χ0v) is 10.7. The second-order valence-electron chi connectivity index (χ2n) is 4.59. The number of hydrogen-bond donors (Lipinski definition) is 3. The summed E-state index contributed by atoms with van der Waals surface area (Å²) < 4.78 is 5.21. The minimum atomic E-state index is -0.280. The van der Waals surface area contributed by atoms with Crippen LogP contribution in [0.1, 0.15) is 35.9 Å². The van der Waals surface area contributed by atoms with E-state index in [1.807, 2.05) is 18.9 Å². The first-order chi connectivity index (χ1) is 8.59. The summed E-state index contributed by atoms with van der Waals surface area (Å²) in [5, 5.41) is 8.61. The van der Waals surface area contributed by atoms with Gasteiger partial charge in [-0.05, 0) is 5.92 Å². The molecule has 0 bridgehead atoms. The van der Waals surface area contributed by atoms with Crippen molar-refractivity contribution in [2.24, 2.45) is 0 Å². The monoisotopic (exact) mass is 253 g/mol. The molecule has 1 saturated heterocycles. The van der Waals surface area contributed by atoms with Crippen molar-refractivity contribution in [3.63, 3.8) is 0 Å². The smallest absolute Gasteiger partial charge is 0.288 e. The van der Waals surface area contributed by atoms with Crippen LogP contribution in [-0.4, -0.2) is 47.4 Å². The maximum atomic E-state index is 12.0. The summed E-state index contributed by atoms with van der Waals surface area (Å²) in [5.74, 6) is -0.0695. The number of morpholine rings is 1. The number of aromatic nitrogens is 2. The van der Waals surface area contributed by atoms with Crippen LogP contribution in [0.15, 0.2) is 0 Å². The number of carbonyl (C=O) groups excluding carboxylic acids is 1. The number of nitrogens with zero attached hydrogens (tertiary/aromatic N) is 2. The minimum absolute atomic E-state index is 0.211. The van der Waals surface area contributed by atoms with Gasteiger partial charge < -0.3 is 10.5 Å². The molecular formula is C11H19N5O2. The number of H-pyrrole nitrogens is 1. The van der Waals surface area contributed by atoms with Crippen LogP contribution < -0.4 is 11.2 Å². The van der Waals surface area contributed by atoms with E-state index < -0.39 is 0 Å². The molecule has 7 nitrogen and oxygen atoms in total. The molecule has 0 unspecified atom stereocenters. The van der Waals surface area contributed by atoms with Crippen molar-refractivity contribution in [1.29, 1.82) is 0 Å². The molecule has 0 aliphatic carbocycles. The number of aromatic amines is 1. The fourth-order valence-electron chi connectivity index (χ4n) is 1.85. The van der Waals surface area contributed by atoms with Crippen LogP contribution in [-0.2, 0) is 4.74 Å². The normalized spacial score (nSPS) is 17.1. The van der Waals surface area contributed by atoms with Crippen molar-refractivity contribution in [3.8, 4) is 0 Å². The number of nitrogen functional groups attached to an aromatic ring is 1. The number of ether oxygens (including phenoxy) is 1. The van der Waals surface area contributed by atoms with E-state index in [1.165, 1.54) is 0 Å². The zero-order valence-electron chi connectivity index (χ0n) is 10.7. The number of nitrogens with two attached hydrogens (primary N) is 1. The molecular weight excluding hydrogens is 234 g/mol. The van der Waals surface area contributed by atoms with Gasteiger partial charge in [-0.25, -0.2) is 5.01 Å². The van der Waals surface area contributed by atoms with Gasteiger partial charge in [-0.15, -0.1) is 0 Å². The third-order valence-electron chi connectivity index (χ3n) is 2.90. The molecule has 2 rings (SSSR count). The van der Waals surface area contributed by atoms with Gasteiger partial charge in [0.15, 0.2) is 5.69 Å². The summed E-state index contributed by atoms with van der Waals surface area (Å²) in [4.78, 5) is 12.0. The largest absolute Gasteiger partial charge is 0.395 e. The summed E-state index contributed by atoms with van der Waals surface area (Å²) in [5.41, 5.74) is 10.2. The van der Waals surface area contributed by atoms with Gasteiger partial charge in [0.1, 0.15) is 0 Å². The number of hydrogen-bond acceptors (Lipinski definition) is 5. The molecule has 0 radical (unpaired) electrons. The first kappa shape index (κ1) is 12.8. The Labute approximate surface area is 106 Å². The van der Waals surface area contributed by atoms with Crippen molar-refractivity contribution in [3.05, 3.63) is 11.4 Å². The van der Waals surface area contributed by atoms with Gasteiger partial charge >= 0.3 is 0 Å². The molecule has 18 heavy (non-hydrogen) atoms. The molecule has 1 aliphatic rings. The fourth-order valence-corrected chi connectivity index (χ4v) is 1.85. The lowest BCUT2D eigenvalue weighted by Gasteiger charge is -2.26. The minimum Gasteiger partial charge on any atom is -0.395 e. The number of hydrazine groups is 1. The molecule has 0 spiro atoms. The summed E-state index contributed by atoms with van der Waals surface area (Å²) in [6.45, 7) is 6.57. The van der Waals surface area contributed by atoms with Crippen LogP contribution in [0.5, 0.6) is 0 Å². The van der Waals surface area contributed by atoms with E-state index in [0.29, 0.717) is 32.0 Å². The van der Waals surface area contributed by atoms with Crippen LogP contribution >= 0.6 is 0 Å². The topological polar surface area (TPSA) is 96.3 Å². The highest BCUT2D eigenvalue weighted by Crippen LogP contribution is 2.21.